The predicted molar refractivity (Wildman–Crippen MR) is 143 cm³/mol. The van der Waals surface area contributed by atoms with Crippen molar-refractivity contribution in [2.75, 3.05) is 13.1 Å². The van der Waals surface area contributed by atoms with Crippen LogP contribution in [-0.2, 0) is 0 Å². The molecule has 1 heterocycles. The highest BCUT2D eigenvalue weighted by Crippen LogP contribution is 2.27. The normalized spacial score (nSPS) is 15.2. The summed E-state index contributed by atoms with van der Waals surface area (Å²) in [6, 6.07) is 18.8. The van der Waals surface area contributed by atoms with Gasteiger partial charge in [0, 0.05) is 12.1 Å². The smallest absolute Gasteiger partial charge is 0.00938 e. The summed E-state index contributed by atoms with van der Waals surface area (Å²) in [4.78, 5) is 0. The Hall–Kier alpha value is -1.90. The highest BCUT2D eigenvalue weighted by molar-refractivity contribution is 5.89. The fourth-order valence-corrected chi connectivity index (χ4v) is 4.62. The maximum atomic E-state index is 3.82. The molecule has 3 rings (SSSR count). The Kier molecular flexibility index (Phi) is 11.8. The Morgan fingerprint density at radius 2 is 1.56 bits per heavy atom. The van der Waals surface area contributed by atoms with Crippen molar-refractivity contribution in [1.29, 1.82) is 0 Å². The van der Waals surface area contributed by atoms with Gasteiger partial charge in [-0.1, -0.05) is 80.8 Å². The first-order chi connectivity index (χ1) is 15.5. The van der Waals surface area contributed by atoms with Gasteiger partial charge in [-0.2, -0.15) is 0 Å². The summed E-state index contributed by atoms with van der Waals surface area (Å²) >= 11 is 0. The molecular weight excluding hydrogens is 388 g/mol. The van der Waals surface area contributed by atoms with Crippen molar-refractivity contribution in [2.24, 2.45) is 0 Å². The van der Waals surface area contributed by atoms with Crippen LogP contribution in [0.15, 0.2) is 48.5 Å². The Morgan fingerprint density at radius 1 is 0.906 bits per heavy atom. The van der Waals surface area contributed by atoms with Crippen molar-refractivity contribution in [3.63, 3.8) is 0 Å². The maximum Gasteiger partial charge on any atom is 0.00938 e. The molecule has 0 aliphatic carbocycles. The average molecular weight is 435 g/mol. The van der Waals surface area contributed by atoms with E-state index < -0.39 is 0 Å². The van der Waals surface area contributed by atoms with Crippen molar-refractivity contribution >= 4 is 11.1 Å². The second kappa shape index (κ2) is 14.3. The third-order valence-corrected chi connectivity index (χ3v) is 6.65. The molecule has 176 valence electrons. The van der Waals surface area contributed by atoms with Crippen molar-refractivity contribution in [3.05, 3.63) is 70.8 Å². The molecule has 0 unspecified atom stereocenters. The van der Waals surface area contributed by atoms with E-state index in [1.54, 1.807) is 0 Å². The number of hydrogen-bond acceptors (Lipinski definition) is 2. The van der Waals surface area contributed by atoms with E-state index in [0.717, 1.165) is 12.1 Å². The molecule has 1 aliphatic rings. The Balaban J connectivity index is 0.000000235. The summed E-state index contributed by atoms with van der Waals surface area (Å²) in [5.41, 5.74) is 8.02. The largest absolute Gasteiger partial charge is 0.317 e. The van der Waals surface area contributed by atoms with Gasteiger partial charge in [0.05, 0.1) is 0 Å². The number of rotatable bonds is 8. The molecule has 0 aromatic heterocycles. The molecule has 0 atom stereocenters. The maximum absolute atomic E-state index is 3.82. The van der Waals surface area contributed by atoms with Crippen LogP contribution in [0, 0.1) is 13.8 Å². The minimum absolute atomic E-state index is 0.771. The lowest BCUT2D eigenvalue weighted by atomic mass is 9.94. The number of hydrogen-bond donors (Lipinski definition) is 2. The molecule has 2 N–H and O–H groups in total. The second-order valence-electron chi connectivity index (χ2n) is 9.40. The first kappa shape index (κ1) is 26.4. The molecule has 0 amide bonds. The SMILES string of the molecule is C/C(=C(/C)c1ccccc1C)c1cccc(C)c1.CCCC(CCC)NC1CCNCC1. The molecule has 2 heteroatoms. The van der Waals surface area contributed by atoms with E-state index in [0.29, 0.717) is 0 Å². The number of allylic oxidation sites excluding steroid dienone is 2. The summed E-state index contributed by atoms with van der Waals surface area (Å²) in [7, 11) is 0. The molecule has 1 fully saturated rings. The molecule has 2 nitrogen and oxygen atoms in total. The molecule has 2 aromatic carbocycles. The zero-order valence-corrected chi connectivity index (χ0v) is 21.4. The Morgan fingerprint density at radius 3 is 2.16 bits per heavy atom. The second-order valence-corrected chi connectivity index (χ2v) is 9.40. The minimum atomic E-state index is 0.771. The molecular formula is C30H46N2. The Labute approximate surface area is 197 Å². The first-order valence-electron chi connectivity index (χ1n) is 12.7. The van der Waals surface area contributed by atoms with Gasteiger partial charge in [-0.25, -0.2) is 0 Å². The molecule has 2 aromatic rings. The van der Waals surface area contributed by atoms with Crippen LogP contribution in [0.1, 0.15) is 88.5 Å². The highest BCUT2D eigenvalue weighted by Gasteiger charge is 2.16. The van der Waals surface area contributed by atoms with E-state index in [1.807, 2.05) is 0 Å². The third kappa shape index (κ3) is 8.56. The van der Waals surface area contributed by atoms with Crippen molar-refractivity contribution in [2.45, 2.75) is 92.2 Å². The summed E-state index contributed by atoms with van der Waals surface area (Å²) in [5.74, 6) is 0. The van der Waals surface area contributed by atoms with Crippen molar-refractivity contribution < 1.29 is 0 Å². The summed E-state index contributed by atoms with van der Waals surface area (Å²) in [5, 5.41) is 7.23. The van der Waals surface area contributed by atoms with Crippen LogP contribution in [0.3, 0.4) is 0 Å². The van der Waals surface area contributed by atoms with Crippen LogP contribution >= 0.6 is 0 Å². The van der Waals surface area contributed by atoms with Crippen LogP contribution in [0.5, 0.6) is 0 Å². The van der Waals surface area contributed by atoms with Gasteiger partial charge in [0.1, 0.15) is 0 Å². The molecule has 32 heavy (non-hydrogen) atoms. The van der Waals surface area contributed by atoms with Crippen LogP contribution in [0.25, 0.3) is 11.1 Å². The lowest BCUT2D eigenvalue weighted by Crippen LogP contribution is -2.44. The van der Waals surface area contributed by atoms with Gasteiger partial charge in [-0.05, 0) is 94.3 Å². The lowest BCUT2D eigenvalue weighted by Gasteiger charge is -2.28. The average Bonchev–Trinajstić information content (AvgIpc) is 2.80. The Bertz CT molecular complexity index is 824. The van der Waals surface area contributed by atoms with Crippen molar-refractivity contribution in [3.8, 4) is 0 Å². The minimum Gasteiger partial charge on any atom is -0.317 e. The van der Waals surface area contributed by atoms with Gasteiger partial charge in [-0.3, -0.25) is 0 Å². The lowest BCUT2D eigenvalue weighted by molar-refractivity contribution is 0.325. The molecule has 0 spiro atoms. The zero-order chi connectivity index (χ0) is 23.3. The number of nitrogens with one attached hydrogen (secondary N) is 2. The van der Waals surface area contributed by atoms with Crippen LogP contribution in [0.2, 0.25) is 0 Å². The fourth-order valence-electron chi connectivity index (χ4n) is 4.62. The monoisotopic (exact) mass is 434 g/mol. The van der Waals surface area contributed by atoms with Crippen LogP contribution in [-0.4, -0.2) is 25.2 Å². The van der Waals surface area contributed by atoms with Gasteiger partial charge in [0.2, 0.25) is 0 Å². The fraction of sp³-hybridized carbons (Fsp3) is 0.533. The van der Waals surface area contributed by atoms with Gasteiger partial charge >= 0.3 is 0 Å². The standard InChI is InChI=1S/C18H20.C12H26N2/c1-13-8-7-10-17(12-13)15(3)16(4)18-11-6-5-9-14(18)2;1-3-5-11(6-4-2)14-12-7-9-13-10-8-12/h5-12H,1-4H3;11-14H,3-10H2,1-2H3/b16-15+;. The third-order valence-electron chi connectivity index (χ3n) is 6.65. The number of piperidine rings is 1. The van der Waals surface area contributed by atoms with Gasteiger partial charge in [0.15, 0.2) is 0 Å². The van der Waals surface area contributed by atoms with Crippen molar-refractivity contribution in [1.82, 2.24) is 10.6 Å². The summed E-state index contributed by atoms with van der Waals surface area (Å²) in [6.45, 7) is 15.7. The summed E-state index contributed by atoms with van der Waals surface area (Å²) < 4.78 is 0. The predicted octanol–water partition coefficient (Wildman–Crippen LogP) is 7.55. The van der Waals surface area contributed by atoms with Crippen LogP contribution < -0.4 is 10.6 Å². The van der Waals surface area contributed by atoms with E-state index in [-0.39, 0.29) is 0 Å². The van der Waals surface area contributed by atoms with E-state index in [9.17, 15) is 0 Å². The van der Waals surface area contributed by atoms with E-state index >= 15 is 0 Å². The van der Waals surface area contributed by atoms with Gasteiger partial charge in [-0.15, -0.1) is 0 Å². The topological polar surface area (TPSA) is 24.1 Å². The molecule has 0 saturated carbocycles. The van der Waals surface area contributed by atoms with Gasteiger partial charge < -0.3 is 10.6 Å². The molecule has 1 saturated heterocycles. The van der Waals surface area contributed by atoms with E-state index in [2.05, 4.69) is 101 Å². The first-order valence-corrected chi connectivity index (χ1v) is 12.7. The molecule has 0 bridgehead atoms. The number of aryl methyl sites for hydroxylation is 2. The van der Waals surface area contributed by atoms with Gasteiger partial charge in [0.25, 0.3) is 0 Å². The summed E-state index contributed by atoms with van der Waals surface area (Å²) in [6.07, 6.45) is 7.93. The quantitative estimate of drug-likeness (QED) is 0.419. The van der Waals surface area contributed by atoms with E-state index in [1.165, 1.54) is 85.0 Å². The molecule has 0 radical (unpaired) electrons. The van der Waals surface area contributed by atoms with Crippen LogP contribution in [0.4, 0.5) is 0 Å². The van der Waals surface area contributed by atoms with E-state index in [4.69, 9.17) is 0 Å². The number of benzene rings is 2. The highest BCUT2D eigenvalue weighted by atomic mass is 15.0. The molecule has 1 aliphatic heterocycles. The zero-order valence-electron chi connectivity index (χ0n) is 21.4.